The quantitative estimate of drug-likeness (QED) is 0.878. The Hall–Kier alpha value is -1.62. The molecular weight excluding hydrogens is 245 g/mol. The first kappa shape index (κ1) is 13.8. The van der Waals surface area contributed by atoms with E-state index in [1.807, 2.05) is 0 Å². The zero-order valence-electron chi connectivity index (χ0n) is 11.2. The second-order valence-electron chi connectivity index (χ2n) is 4.74. The van der Waals surface area contributed by atoms with Crippen LogP contribution in [0.5, 0.6) is 0 Å². The summed E-state index contributed by atoms with van der Waals surface area (Å²) in [5.74, 6) is -0.422. The third-order valence-electron chi connectivity index (χ3n) is 3.53. The van der Waals surface area contributed by atoms with E-state index in [-0.39, 0.29) is 11.7 Å². The van der Waals surface area contributed by atoms with E-state index in [1.165, 1.54) is 12.5 Å². The van der Waals surface area contributed by atoms with Crippen LogP contribution in [0.1, 0.15) is 19.8 Å². The molecule has 1 aromatic carbocycles. The standard InChI is InChI=1S/C14H20FN3O/c1-2-18-9-5-6-11(18)10-16-14(19)17-13-8-4-3-7-12(13)15/h3-4,7-8,11H,2,5-6,9-10H2,1H3,(H2,16,17,19)/t11-/m1/s1. The zero-order valence-corrected chi connectivity index (χ0v) is 11.2. The number of likely N-dealkylation sites (tertiary alicyclic amines) is 1. The highest BCUT2D eigenvalue weighted by atomic mass is 19.1. The summed E-state index contributed by atoms with van der Waals surface area (Å²) in [7, 11) is 0. The normalized spacial score (nSPS) is 19.4. The molecule has 1 aliphatic rings. The number of carbonyl (C=O) groups is 1. The highest BCUT2D eigenvalue weighted by molar-refractivity contribution is 5.89. The van der Waals surface area contributed by atoms with Crippen LogP contribution in [0.2, 0.25) is 0 Å². The lowest BCUT2D eigenvalue weighted by Gasteiger charge is -2.22. The number of urea groups is 1. The van der Waals surface area contributed by atoms with Crippen LogP contribution >= 0.6 is 0 Å². The van der Waals surface area contributed by atoms with Gasteiger partial charge in [-0.3, -0.25) is 4.90 Å². The molecular formula is C14H20FN3O. The number of hydrogen-bond acceptors (Lipinski definition) is 2. The number of benzene rings is 1. The molecule has 2 amide bonds. The van der Waals surface area contributed by atoms with Crippen LogP contribution in [-0.4, -0.2) is 36.6 Å². The van der Waals surface area contributed by atoms with Crippen molar-refractivity contribution in [3.05, 3.63) is 30.1 Å². The third kappa shape index (κ3) is 3.67. The second kappa shape index (κ2) is 6.52. The van der Waals surface area contributed by atoms with Crippen LogP contribution in [0.15, 0.2) is 24.3 Å². The van der Waals surface area contributed by atoms with Crippen molar-refractivity contribution in [2.45, 2.75) is 25.8 Å². The first-order valence-electron chi connectivity index (χ1n) is 6.74. The molecule has 19 heavy (non-hydrogen) atoms. The van der Waals surface area contributed by atoms with Crippen molar-refractivity contribution < 1.29 is 9.18 Å². The van der Waals surface area contributed by atoms with Crippen LogP contribution in [-0.2, 0) is 0 Å². The third-order valence-corrected chi connectivity index (χ3v) is 3.53. The van der Waals surface area contributed by atoms with Gasteiger partial charge in [0.05, 0.1) is 5.69 Å². The number of amides is 2. The lowest BCUT2D eigenvalue weighted by Crippen LogP contribution is -2.41. The van der Waals surface area contributed by atoms with Gasteiger partial charge in [-0.05, 0) is 38.1 Å². The van der Waals surface area contributed by atoms with Crippen molar-refractivity contribution in [2.75, 3.05) is 25.0 Å². The first-order chi connectivity index (χ1) is 9.20. The van der Waals surface area contributed by atoms with Gasteiger partial charge in [-0.15, -0.1) is 0 Å². The lowest BCUT2D eigenvalue weighted by molar-refractivity contribution is 0.238. The Morgan fingerprint density at radius 1 is 1.47 bits per heavy atom. The molecule has 1 heterocycles. The average Bonchev–Trinajstić information content (AvgIpc) is 2.86. The van der Waals surface area contributed by atoms with Gasteiger partial charge in [-0.25, -0.2) is 9.18 Å². The number of para-hydroxylation sites is 1. The highest BCUT2D eigenvalue weighted by Crippen LogP contribution is 2.16. The maximum atomic E-state index is 13.4. The summed E-state index contributed by atoms with van der Waals surface area (Å²) < 4.78 is 13.4. The van der Waals surface area contributed by atoms with Gasteiger partial charge in [0.25, 0.3) is 0 Å². The number of anilines is 1. The Morgan fingerprint density at radius 3 is 3.00 bits per heavy atom. The van der Waals surface area contributed by atoms with E-state index in [9.17, 15) is 9.18 Å². The van der Waals surface area contributed by atoms with E-state index < -0.39 is 5.82 Å². The molecule has 0 unspecified atom stereocenters. The number of rotatable bonds is 4. The molecule has 1 atom stereocenters. The maximum absolute atomic E-state index is 13.4. The van der Waals surface area contributed by atoms with Gasteiger partial charge in [-0.2, -0.15) is 0 Å². The van der Waals surface area contributed by atoms with Gasteiger partial charge in [-0.1, -0.05) is 19.1 Å². The number of hydrogen-bond donors (Lipinski definition) is 2. The topological polar surface area (TPSA) is 44.4 Å². The minimum absolute atomic E-state index is 0.207. The van der Waals surface area contributed by atoms with Crippen LogP contribution in [0, 0.1) is 5.82 Å². The van der Waals surface area contributed by atoms with Crippen LogP contribution in [0.25, 0.3) is 0 Å². The van der Waals surface area contributed by atoms with Crippen molar-refractivity contribution >= 4 is 11.7 Å². The fourth-order valence-electron chi connectivity index (χ4n) is 2.48. The zero-order chi connectivity index (χ0) is 13.7. The van der Waals surface area contributed by atoms with Crippen molar-refractivity contribution in [3.63, 3.8) is 0 Å². The summed E-state index contributed by atoms with van der Waals surface area (Å²) >= 11 is 0. The maximum Gasteiger partial charge on any atom is 0.319 e. The van der Waals surface area contributed by atoms with E-state index in [0.717, 1.165) is 19.5 Å². The SMILES string of the molecule is CCN1CCC[C@@H]1CNC(=O)Nc1ccccc1F. The summed E-state index contributed by atoms with van der Waals surface area (Å²) in [5.41, 5.74) is 0.207. The van der Waals surface area contributed by atoms with Crippen LogP contribution in [0.4, 0.5) is 14.9 Å². The van der Waals surface area contributed by atoms with E-state index in [1.54, 1.807) is 18.2 Å². The van der Waals surface area contributed by atoms with Crippen LogP contribution in [0.3, 0.4) is 0 Å². The minimum Gasteiger partial charge on any atom is -0.336 e. The molecule has 1 saturated heterocycles. The van der Waals surface area contributed by atoms with Gasteiger partial charge in [0.15, 0.2) is 0 Å². The molecule has 0 aliphatic carbocycles. The summed E-state index contributed by atoms with van der Waals surface area (Å²) in [5, 5.41) is 5.33. The van der Waals surface area contributed by atoms with Gasteiger partial charge in [0.1, 0.15) is 5.82 Å². The van der Waals surface area contributed by atoms with E-state index in [2.05, 4.69) is 22.5 Å². The molecule has 1 aliphatic heterocycles. The van der Waals surface area contributed by atoms with Crippen molar-refractivity contribution in [2.24, 2.45) is 0 Å². The van der Waals surface area contributed by atoms with Gasteiger partial charge < -0.3 is 10.6 Å². The Balaban J connectivity index is 1.80. The number of halogens is 1. The first-order valence-corrected chi connectivity index (χ1v) is 6.74. The molecule has 1 fully saturated rings. The predicted octanol–water partition coefficient (Wildman–Crippen LogP) is 2.43. The van der Waals surface area contributed by atoms with E-state index >= 15 is 0 Å². The Bertz CT molecular complexity index is 438. The summed E-state index contributed by atoms with van der Waals surface area (Å²) in [6.45, 7) is 4.82. The molecule has 0 bridgehead atoms. The van der Waals surface area contributed by atoms with Gasteiger partial charge >= 0.3 is 6.03 Å². The van der Waals surface area contributed by atoms with Crippen molar-refractivity contribution in [3.8, 4) is 0 Å². The largest absolute Gasteiger partial charge is 0.336 e. The number of nitrogens with one attached hydrogen (secondary N) is 2. The van der Waals surface area contributed by atoms with E-state index in [4.69, 9.17) is 0 Å². The molecule has 0 saturated carbocycles. The van der Waals surface area contributed by atoms with Gasteiger partial charge in [0, 0.05) is 12.6 Å². The van der Waals surface area contributed by atoms with Crippen LogP contribution < -0.4 is 10.6 Å². The fourth-order valence-corrected chi connectivity index (χ4v) is 2.48. The molecule has 0 radical (unpaired) electrons. The molecule has 4 nitrogen and oxygen atoms in total. The molecule has 0 spiro atoms. The summed E-state index contributed by atoms with van der Waals surface area (Å²) in [4.78, 5) is 14.1. The fraction of sp³-hybridized carbons (Fsp3) is 0.500. The molecule has 2 N–H and O–H groups in total. The van der Waals surface area contributed by atoms with Gasteiger partial charge in [0.2, 0.25) is 0 Å². The average molecular weight is 265 g/mol. The molecule has 0 aromatic heterocycles. The molecule has 2 rings (SSSR count). The lowest BCUT2D eigenvalue weighted by atomic mass is 10.2. The monoisotopic (exact) mass is 265 g/mol. The second-order valence-corrected chi connectivity index (χ2v) is 4.74. The Kier molecular flexibility index (Phi) is 4.74. The van der Waals surface area contributed by atoms with Crippen molar-refractivity contribution in [1.29, 1.82) is 0 Å². The predicted molar refractivity (Wildman–Crippen MR) is 73.7 cm³/mol. The number of likely N-dealkylation sites (N-methyl/N-ethyl adjacent to an activating group) is 1. The highest BCUT2D eigenvalue weighted by Gasteiger charge is 2.23. The summed E-state index contributed by atoms with van der Waals surface area (Å²) in [6.07, 6.45) is 2.28. The van der Waals surface area contributed by atoms with E-state index in [0.29, 0.717) is 12.6 Å². The smallest absolute Gasteiger partial charge is 0.319 e. The Morgan fingerprint density at radius 2 is 2.26 bits per heavy atom. The number of nitrogens with zero attached hydrogens (tertiary/aromatic N) is 1. The Labute approximate surface area is 113 Å². The molecule has 5 heteroatoms. The minimum atomic E-state index is -0.422. The molecule has 1 aromatic rings. The molecule has 104 valence electrons. The van der Waals surface area contributed by atoms with Crippen molar-refractivity contribution in [1.82, 2.24) is 10.2 Å². The summed E-state index contributed by atoms with van der Waals surface area (Å²) in [6, 6.07) is 6.20. The number of carbonyl (C=O) groups excluding carboxylic acids is 1.